The molecule has 33 heavy (non-hydrogen) atoms. The Bertz CT molecular complexity index is 1090. The van der Waals surface area contributed by atoms with Crippen LogP contribution in [0.3, 0.4) is 0 Å². The largest absolute Gasteiger partial charge is 0.344 e. The lowest BCUT2D eigenvalue weighted by atomic mass is 10.0. The van der Waals surface area contributed by atoms with E-state index in [1.807, 2.05) is 7.05 Å². The van der Waals surface area contributed by atoms with E-state index in [9.17, 15) is 9.59 Å². The summed E-state index contributed by atoms with van der Waals surface area (Å²) < 4.78 is 0. The summed E-state index contributed by atoms with van der Waals surface area (Å²) >= 11 is 0. The topological polar surface area (TPSA) is 91.0 Å². The number of aromatic amines is 1. The molecule has 174 valence electrons. The maximum absolute atomic E-state index is 10.7. The van der Waals surface area contributed by atoms with Crippen LogP contribution in [0.1, 0.15) is 58.8 Å². The SMILES string of the molecule is CN1CCc2ccccc2C1.CN[C@@H](C=O)C1CC1.O=Cc1c[nH]c2ncc(C3CC3)nc12. The minimum Gasteiger partial charge on any atom is -0.344 e. The van der Waals surface area contributed by atoms with Crippen LogP contribution in [0.15, 0.2) is 36.7 Å². The van der Waals surface area contributed by atoms with Gasteiger partial charge in [-0.05, 0) is 63.2 Å². The molecule has 2 fully saturated rings. The molecule has 6 rings (SSSR count). The standard InChI is InChI=1S/C10H9N3O.C10H13N.C6H11NO/c14-5-7-3-11-10-9(7)13-8(4-12-10)6-1-2-6;1-11-7-6-9-4-2-3-5-10(9)8-11;1-7-6(4-8)5-2-3-5/h3-6H,1-2H2,(H,11,12);2-5H,6-8H2,1H3;4-7H,2-3H2,1H3/t;;6-/m..0/s1. The molecular formula is C26H33N5O2. The molecule has 0 radical (unpaired) electrons. The van der Waals surface area contributed by atoms with E-state index >= 15 is 0 Å². The van der Waals surface area contributed by atoms with Crippen molar-refractivity contribution in [1.29, 1.82) is 0 Å². The first-order valence-electron chi connectivity index (χ1n) is 11.8. The van der Waals surface area contributed by atoms with Crippen molar-refractivity contribution in [2.45, 2.75) is 50.6 Å². The lowest BCUT2D eigenvalue weighted by Crippen LogP contribution is -2.28. The number of aldehydes is 2. The lowest BCUT2D eigenvalue weighted by Gasteiger charge is -2.24. The van der Waals surface area contributed by atoms with E-state index in [1.54, 1.807) is 12.4 Å². The summed E-state index contributed by atoms with van der Waals surface area (Å²) in [7, 11) is 4.01. The number of rotatable bonds is 5. The van der Waals surface area contributed by atoms with Gasteiger partial charge in [0, 0.05) is 25.2 Å². The molecule has 7 heteroatoms. The van der Waals surface area contributed by atoms with Crippen LogP contribution in [0.2, 0.25) is 0 Å². The van der Waals surface area contributed by atoms with Gasteiger partial charge in [-0.2, -0.15) is 0 Å². The number of nitrogens with one attached hydrogen (secondary N) is 2. The molecule has 1 aliphatic heterocycles. The Hall–Kier alpha value is -2.90. The summed E-state index contributed by atoms with van der Waals surface area (Å²) in [6, 6.07) is 8.85. The van der Waals surface area contributed by atoms with Crippen molar-refractivity contribution in [2.24, 2.45) is 5.92 Å². The molecular weight excluding hydrogens is 414 g/mol. The van der Waals surface area contributed by atoms with Crippen molar-refractivity contribution in [3.63, 3.8) is 0 Å². The van der Waals surface area contributed by atoms with Crippen LogP contribution in [0.4, 0.5) is 0 Å². The summed E-state index contributed by atoms with van der Waals surface area (Å²) in [4.78, 5) is 34.8. The number of fused-ring (bicyclic) bond motifs is 2. The summed E-state index contributed by atoms with van der Waals surface area (Å²) in [5.41, 5.74) is 6.03. The van der Waals surface area contributed by atoms with Crippen molar-refractivity contribution < 1.29 is 9.59 Å². The van der Waals surface area contributed by atoms with Gasteiger partial charge < -0.3 is 20.0 Å². The lowest BCUT2D eigenvalue weighted by molar-refractivity contribution is -0.109. The van der Waals surface area contributed by atoms with Gasteiger partial charge in [-0.15, -0.1) is 0 Å². The highest BCUT2D eigenvalue weighted by Crippen LogP contribution is 2.39. The monoisotopic (exact) mass is 447 g/mol. The van der Waals surface area contributed by atoms with Gasteiger partial charge >= 0.3 is 0 Å². The molecule has 3 aliphatic rings. The van der Waals surface area contributed by atoms with Crippen molar-refractivity contribution in [1.82, 2.24) is 25.2 Å². The van der Waals surface area contributed by atoms with Crippen molar-refractivity contribution in [2.75, 3.05) is 20.6 Å². The van der Waals surface area contributed by atoms with Gasteiger partial charge in [-0.25, -0.2) is 9.97 Å². The Kier molecular flexibility index (Phi) is 7.62. The summed E-state index contributed by atoms with van der Waals surface area (Å²) in [6.07, 6.45) is 11.3. The fourth-order valence-electron chi connectivity index (χ4n) is 4.10. The van der Waals surface area contributed by atoms with Crippen molar-refractivity contribution in [3.8, 4) is 0 Å². The Morgan fingerprint density at radius 2 is 1.91 bits per heavy atom. The molecule has 0 spiro atoms. The maximum Gasteiger partial charge on any atom is 0.156 e. The number of likely N-dealkylation sites (N-methyl/N-ethyl adjacent to an activating group) is 2. The Morgan fingerprint density at radius 1 is 1.15 bits per heavy atom. The van der Waals surface area contributed by atoms with Crippen molar-refractivity contribution >= 4 is 23.7 Å². The number of benzene rings is 1. The molecule has 2 N–H and O–H groups in total. The highest BCUT2D eigenvalue weighted by Gasteiger charge is 2.29. The highest BCUT2D eigenvalue weighted by molar-refractivity contribution is 5.92. The quantitative estimate of drug-likeness (QED) is 0.582. The number of nitrogens with zero attached hydrogens (tertiary/aromatic N) is 3. The van der Waals surface area contributed by atoms with Crippen molar-refractivity contribution in [3.05, 3.63) is 59.0 Å². The van der Waals surface area contributed by atoms with E-state index in [4.69, 9.17) is 0 Å². The zero-order valence-electron chi connectivity index (χ0n) is 19.5. The second kappa shape index (κ2) is 10.8. The van der Waals surface area contributed by atoms with Crippen LogP contribution >= 0.6 is 0 Å². The van der Waals surface area contributed by atoms with Gasteiger partial charge in [-0.3, -0.25) is 4.79 Å². The van der Waals surface area contributed by atoms with Gasteiger partial charge in [0.25, 0.3) is 0 Å². The third kappa shape index (κ3) is 6.12. The van der Waals surface area contributed by atoms with Crippen LogP contribution in [0.25, 0.3) is 11.2 Å². The first-order valence-corrected chi connectivity index (χ1v) is 11.8. The van der Waals surface area contributed by atoms with Gasteiger partial charge in [0.2, 0.25) is 0 Å². The number of aromatic nitrogens is 3. The molecule has 3 heterocycles. The van der Waals surface area contributed by atoms with E-state index in [1.165, 1.54) is 49.8 Å². The van der Waals surface area contributed by atoms with E-state index in [2.05, 4.69) is 56.5 Å². The predicted octanol–water partition coefficient (Wildman–Crippen LogP) is 3.51. The summed E-state index contributed by atoms with van der Waals surface area (Å²) in [5, 5.41) is 2.95. The molecule has 2 aliphatic carbocycles. The average Bonchev–Trinajstić information content (AvgIpc) is 3.78. The first kappa shape index (κ1) is 23.3. The van der Waals surface area contributed by atoms with Gasteiger partial charge in [0.1, 0.15) is 11.8 Å². The van der Waals surface area contributed by atoms with Gasteiger partial charge in [0.15, 0.2) is 11.9 Å². The second-order valence-corrected chi connectivity index (χ2v) is 9.17. The van der Waals surface area contributed by atoms with Crippen LogP contribution < -0.4 is 5.32 Å². The normalized spacial score (nSPS) is 18.2. The number of carbonyl (C=O) groups is 2. The first-order chi connectivity index (χ1) is 16.1. The molecule has 1 aromatic carbocycles. The molecule has 7 nitrogen and oxygen atoms in total. The number of hydrogen-bond donors (Lipinski definition) is 2. The Balaban J connectivity index is 0.000000123. The van der Waals surface area contributed by atoms with Crippen LogP contribution in [0.5, 0.6) is 0 Å². The molecule has 2 aromatic heterocycles. The van der Waals surface area contributed by atoms with Crippen LogP contribution in [-0.2, 0) is 17.8 Å². The molecule has 3 aromatic rings. The predicted molar refractivity (Wildman–Crippen MR) is 129 cm³/mol. The average molecular weight is 448 g/mol. The minimum atomic E-state index is 0.134. The van der Waals surface area contributed by atoms with E-state index < -0.39 is 0 Å². The molecule has 0 amide bonds. The van der Waals surface area contributed by atoms with E-state index in [0.717, 1.165) is 24.8 Å². The second-order valence-electron chi connectivity index (χ2n) is 9.17. The fraction of sp³-hybridized carbons (Fsp3) is 0.462. The third-order valence-electron chi connectivity index (χ3n) is 6.48. The smallest absolute Gasteiger partial charge is 0.156 e. The Morgan fingerprint density at radius 3 is 2.52 bits per heavy atom. The molecule has 0 saturated heterocycles. The van der Waals surface area contributed by atoms with Gasteiger partial charge in [-0.1, -0.05) is 24.3 Å². The molecule has 0 bridgehead atoms. The molecule has 0 unspecified atom stereocenters. The number of H-pyrrole nitrogens is 1. The van der Waals surface area contributed by atoms with Gasteiger partial charge in [0.05, 0.1) is 23.5 Å². The highest BCUT2D eigenvalue weighted by atomic mass is 16.1. The maximum atomic E-state index is 10.7. The third-order valence-corrected chi connectivity index (χ3v) is 6.48. The van der Waals surface area contributed by atoms with E-state index in [-0.39, 0.29) is 6.04 Å². The summed E-state index contributed by atoms with van der Waals surface area (Å²) in [5.74, 6) is 1.22. The summed E-state index contributed by atoms with van der Waals surface area (Å²) in [6.45, 7) is 2.33. The molecule has 2 saturated carbocycles. The number of hydrogen-bond acceptors (Lipinski definition) is 6. The van der Waals surface area contributed by atoms with E-state index in [0.29, 0.717) is 28.6 Å². The van der Waals surface area contributed by atoms with Crippen LogP contribution in [0, 0.1) is 5.92 Å². The molecule has 1 atom stereocenters. The zero-order chi connectivity index (χ0) is 23.2. The minimum absolute atomic E-state index is 0.134. The van der Waals surface area contributed by atoms with Crippen LogP contribution in [-0.4, -0.2) is 59.1 Å². The number of carbonyl (C=O) groups excluding carboxylic acids is 2. The fourth-order valence-corrected chi connectivity index (χ4v) is 4.10. The Labute approximate surface area is 195 Å². The zero-order valence-corrected chi connectivity index (χ0v) is 19.5.